The van der Waals surface area contributed by atoms with Gasteiger partial charge in [0.2, 0.25) is 0 Å². The van der Waals surface area contributed by atoms with Crippen molar-refractivity contribution in [2.75, 3.05) is 9.62 Å². The topological polar surface area (TPSA) is 6.48 Å². The molecule has 0 aliphatic heterocycles. The molecular formula is C24H20BClN2. The van der Waals surface area contributed by atoms with Gasteiger partial charge in [0.15, 0.2) is 0 Å². The lowest BCUT2D eigenvalue weighted by Crippen LogP contribution is -2.45. The van der Waals surface area contributed by atoms with Crippen LogP contribution in [-0.2, 0) is 0 Å². The van der Waals surface area contributed by atoms with Gasteiger partial charge >= 0.3 is 6.40 Å². The Morgan fingerprint density at radius 1 is 0.393 bits per heavy atom. The number of rotatable bonds is 6. The summed E-state index contributed by atoms with van der Waals surface area (Å²) in [5.74, 6) is 0. The second kappa shape index (κ2) is 8.68. The molecule has 0 atom stereocenters. The Balaban J connectivity index is 1.84. The summed E-state index contributed by atoms with van der Waals surface area (Å²) in [5.41, 5.74) is 4.13. The molecule has 0 fully saturated rings. The van der Waals surface area contributed by atoms with Crippen LogP contribution in [0.3, 0.4) is 0 Å². The third kappa shape index (κ3) is 3.90. The molecule has 136 valence electrons. The molecule has 4 aromatic carbocycles. The zero-order valence-corrected chi connectivity index (χ0v) is 16.2. The highest BCUT2D eigenvalue weighted by Gasteiger charge is 2.32. The van der Waals surface area contributed by atoms with Crippen molar-refractivity contribution in [2.45, 2.75) is 0 Å². The number of nitrogens with zero attached hydrogens (tertiary/aromatic N) is 2. The lowest BCUT2D eigenvalue weighted by Gasteiger charge is -2.36. The minimum absolute atomic E-state index is 0.463. The van der Waals surface area contributed by atoms with Gasteiger partial charge < -0.3 is 9.62 Å². The SMILES string of the molecule is ClB(N(c1ccccc1)c1ccccc1)N(c1ccccc1)c1ccccc1. The normalized spacial score (nSPS) is 10.3. The fraction of sp³-hybridized carbons (Fsp3) is 0. The summed E-state index contributed by atoms with van der Waals surface area (Å²) in [6.45, 7) is 0. The zero-order valence-electron chi connectivity index (χ0n) is 15.4. The maximum Gasteiger partial charge on any atom is 0.495 e. The molecule has 0 amide bonds. The molecule has 28 heavy (non-hydrogen) atoms. The van der Waals surface area contributed by atoms with Crippen molar-refractivity contribution in [3.05, 3.63) is 121 Å². The summed E-state index contributed by atoms with van der Waals surface area (Å²) in [6, 6.07) is 41.0. The first-order valence-corrected chi connectivity index (χ1v) is 9.71. The minimum atomic E-state index is -0.463. The van der Waals surface area contributed by atoms with Gasteiger partial charge in [-0.25, -0.2) is 0 Å². The van der Waals surface area contributed by atoms with E-state index in [1.165, 1.54) is 0 Å². The minimum Gasteiger partial charge on any atom is -0.352 e. The number of hydrogen-bond donors (Lipinski definition) is 0. The zero-order chi connectivity index (χ0) is 19.2. The fourth-order valence-corrected chi connectivity index (χ4v) is 3.71. The van der Waals surface area contributed by atoms with Crippen molar-refractivity contribution in [1.82, 2.24) is 0 Å². The Kier molecular flexibility index (Phi) is 5.65. The summed E-state index contributed by atoms with van der Waals surface area (Å²) in [6.07, 6.45) is -0.463. The summed E-state index contributed by atoms with van der Waals surface area (Å²) in [7, 11) is 0. The second-order valence-electron chi connectivity index (χ2n) is 6.39. The molecule has 2 nitrogen and oxygen atoms in total. The van der Waals surface area contributed by atoms with Gasteiger partial charge in [-0.05, 0) is 48.5 Å². The highest BCUT2D eigenvalue weighted by atomic mass is 35.5. The largest absolute Gasteiger partial charge is 0.495 e. The number of hydrogen-bond acceptors (Lipinski definition) is 2. The Morgan fingerprint density at radius 3 is 0.821 bits per heavy atom. The smallest absolute Gasteiger partial charge is 0.352 e. The fourth-order valence-electron chi connectivity index (χ4n) is 3.26. The van der Waals surface area contributed by atoms with Crippen molar-refractivity contribution < 1.29 is 0 Å². The van der Waals surface area contributed by atoms with Gasteiger partial charge in [0, 0.05) is 22.7 Å². The van der Waals surface area contributed by atoms with Crippen molar-refractivity contribution >= 4 is 40.6 Å². The van der Waals surface area contributed by atoms with E-state index < -0.39 is 6.40 Å². The Morgan fingerprint density at radius 2 is 0.607 bits per heavy atom. The molecule has 4 aromatic rings. The van der Waals surface area contributed by atoms with Crippen LogP contribution in [0.4, 0.5) is 22.7 Å². The molecule has 0 N–H and O–H groups in total. The summed E-state index contributed by atoms with van der Waals surface area (Å²) < 4.78 is 0. The Hall–Kier alpha value is -3.17. The molecule has 0 unspecified atom stereocenters. The monoisotopic (exact) mass is 382 g/mol. The van der Waals surface area contributed by atoms with Gasteiger partial charge in [0.25, 0.3) is 0 Å². The van der Waals surface area contributed by atoms with Gasteiger partial charge in [-0.3, -0.25) is 0 Å². The average Bonchev–Trinajstić information content (AvgIpc) is 2.77. The molecule has 4 heteroatoms. The van der Waals surface area contributed by atoms with Crippen LogP contribution in [0.25, 0.3) is 0 Å². The molecular weight excluding hydrogens is 363 g/mol. The molecule has 0 saturated heterocycles. The van der Waals surface area contributed by atoms with Crippen LogP contribution < -0.4 is 9.62 Å². The van der Waals surface area contributed by atoms with Crippen LogP contribution in [-0.4, -0.2) is 6.40 Å². The van der Waals surface area contributed by atoms with Crippen LogP contribution in [0.5, 0.6) is 0 Å². The molecule has 0 aromatic heterocycles. The molecule has 0 bridgehead atoms. The van der Waals surface area contributed by atoms with Crippen molar-refractivity contribution in [3.8, 4) is 0 Å². The molecule has 0 radical (unpaired) electrons. The Labute approximate surface area is 171 Å². The van der Waals surface area contributed by atoms with Crippen LogP contribution in [0.2, 0.25) is 0 Å². The summed E-state index contributed by atoms with van der Waals surface area (Å²) in [5, 5.41) is 0. The first kappa shape index (κ1) is 18.2. The molecule has 0 spiro atoms. The standard InChI is InChI=1S/C24H20BClN2/c26-25(27(21-13-5-1-6-14-21)22-15-7-2-8-16-22)28(23-17-9-3-10-18-23)24-19-11-4-12-20-24/h1-20H. The van der Waals surface area contributed by atoms with Gasteiger partial charge in [-0.2, -0.15) is 0 Å². The maximum absolute atomic E-state index is 7.20. The van der Waals surface area contributed by atoms with Crippen molar-refractivity contribution in [3.63, 3.8) is 0 Å². The van der Waals surface area contributed by atoms with E-state index >= 15 is 0 Å². The lowest BCUT2D eigenvalue weighted by molar-refractivity contribution is 1.30. The molecule has 0 aliphatic rings. The lowest BCUT2D eigenvalue weighted by atomic mass is 9.95. The first-order chi connectivity index (χ1) is 13.8. The van der Waals surface area contributed by atoms with Gasteiger partial charge in [0.1, 0.15) is 0 Å². The molecule has 0 saturated carbocycles. The third-order valence-electron chi connectivity index (χ3n) is 4.56. The van der Waals surface area contributed by atoms with Crippen molar-refractivity contribution in [2.24, 2.45) is 0 Å². The summed E-state index contributed by atoms with van der Waals surface area (Å²) in [4.78, 5) is 4.28. The van der Waals surface area contributed by atoms with E-state index in [9.17, 15) is 0 Å². The number of benzene rings is 4. The first-order valence-electron chi connectivity index (χ1n) is 9.27. The van der Waals surface area contributed by atoms with Gasteiger partial charge in [0.05, 0.1) is 0 Å². The van der Waals surface area contributed by atoms with Crippen molar-refractivity contribution in [1.29, 1.82) is 0 Å². The van der Waals surface area contributed by atoms with E-state index in [1.54, 1.807) is 0 Å². The highest BCUT2D eigenvalue weighted by Crippen LogP contribution is 2.34. The predicted octanol–water partition coefficient (Wildman–Crippen LogP) is 6.89. The third-order valence-corrected chi connectivity index (χ3v) is 4.95. The number of para-hydroxylation sites is 4. The highest BCUT2D eigenvalue weighted by molar-refractivity contribution is 7.11. The van der Waals surface area contributed by atoms with Crippen LogP contribution in [0.15, 0.2) is 121 Å². The van der Waals surface area contributed by atoms with E-state index in [4.69, 9.17) is 11.5 Å². The quantitative estimate of drug-likeness (QED) is 0.335. The number of halogens is 1. The predicted molar refractivity (Wildman–Crippen MR) is 122 cm³/mol. The molecule has 4 rings (SSSR count). The van der Waals surface area contributed by atoms with E-state index in [2.05, 4.69) is 58.2 Å². The Bertz CT molecular complexity index is 820. The van der Waals surface area contributed by atoms with Crippen LogP contribution in [0, 0.1) is 0 Å². The van der Waals surface area contributed by atoms with Crippen LogP contribution >= 0.6 is 11.5 Å². The van der Waals surface area contributed by atoms with Crippen LogP contribution in [0.1, 0.15) is 0 Å². The molecule has 0 heterocycles. The van der Waals surface area contributed by atoms with E-state index in [1.807, 2.05) is 72.8 Å². The maximum atomic E-state index is 7.20. The van der Waals surface area contributed by atoms with E-state index in [0.717, 1.165) is 22.7 Å². The summed E-state index contributed by atoms with van der Waals surface area (Å²) >= 11 is 7.20. The average molecular weight is 383 g/mol. The van der Waals surface area contributed by atoms with Gasteiger partial charge in [-0.1, -0.05) is 72.8 Å². The van der Waals surface area contributed by atoms with E-state index in [0.29, 0.717) is 0 Å². The van der Waals surface area contributed by atoms with Gasteiger partial charge in [-0.15, -0.1) is 11.5 Å². The second-order valence-corrected chi connectivity index (χ2v) is 6.78. The number of anilines is 4. The molecule has 0 aliphatic carbocycles. The van der Waals surface area contributed by atoms with E-state index in [-0.39, 0.29) is 0 Å².